The van der Waals surface area contributed by atoms with E-state index in [1.807, 2.05) is 19.9 Å². The highest BCUT2D eigenvalue weighted by atomic mass is 32.2. The lowest BCUT2D eigenvalue weighted by molar-refractivity contribution is 0.0600. The van der Waals surface area contributed by atoms with E-state index in [1.54, 1.807) is 22.8 Å². The molecule has 0 saturated carbocycles. The fraction of sp³-hybridized carbons (Fsp3) is 0.462. The second-order valence-electron chi connectivity index (χ2n) is 9.13. The summed E-state index contributed by atoms with van der Waals surface area (Å²) in [4.78, 5) is 43.3. The van der Waals surface area contributed by atoms with Crippen LogP contribution < -0.4 is 5.56 Å². The predicted molar refractivity (Wildman–Crippen MR) is 136 cm³/mol. The monoisotopic (exact) mass is 497 g/mol. The summed E-state index contributed by atoms with van der Waals surface area (Å²) in [5.41, 5.74) is 3.17. The van der Waals surface area contributed by atoms with Gasteiger partial charge in [0.25, 0.3) is 5.56 Å². The molecule has 1 saturated heterocycles. The molecule has 0 N–H and O–H groups in total. The Morgan fingerprint density at radius 1 is 1.26 bits per heavy atom. The van der Waals surface area contributed by atoms with Crippen molar-refractivity contribution in [1.82, 2.24) is 14.1 Å². The van der Waals surface area contributed by atoms with E-state index >= 15 is 0 Å². The number of aryl methyl sites for hydroxylation is 1. The molecule has 1 aliphatic rings. The number of carbonyl (C=O) groups excluding carboxylic acids is 2. The van der Waals surface area contributed by atoms with E-state index in [0.29, 0.717) is 40.3 Å². The van der Waals surface area contributed by atoms with Gasteiger partial charge in [-0.25, -0.2) is 9.78 Å². The number of nitrogens with zero attached hydrogens (tertiary/aromatic N) is 3. The minimum absolute atomic E-state index is 0.0173. The SMILES string of the molecule is COC(=O)c1ccc2c(=O)n(CC3CCCO3)c(SCC(=O)c3cc(C)n(C(C)C)c3C)nc2c1. The Bertz CT molecular complexity index is 1330. The van der Waals surface area contributed by atoms with Crippen LogP contribution in [0.4, 0.5) is 0 Å². The molecular formula is C26H31N3O5S. The highest BCUT2D eigenvalue weighted by Gasteiger charge is 2.23. The number of carbonyl (C=O) groups is 2. The first-order valence-electron chi connectivity index (χ1n) is 11.8. The summed E-state index contributed by atoms with van der Waals surface area (Å²) in [6.45, 7) is 9.19. The number of benzene rings is 1. The molecule has 0 bridgehead atoms. The zero-order valence-corrected chi connectivity index (χ0v) is 21.6. The molecule has 2 aromatic heterocycles. The lowest BCUT2D eigenvalue weighted by Crippen LogP contribution is -2.29. The minimum atomic E-state index is -0.498. The van der Waals surface area contributed by atoms with Crippen LogP contribution in [0.15, 0.2) is 34.2 Å². The standard InChI is InChI=1S/C26H31N3O5S/c1-15(2)29-16(3)11-21(17(29)4)23(30)14-35-26-27-22-12-18(25(32)33-5)8-9-20(22)24(31)28(26)13-19-7-6-10-34-19/h8-9,11-12,15,19H,6-7,10,13-14H2,1-5H3. The smallest absolute Gasteiger partial charge is 0.337 e. The van der Waals surface area contributed by atoms with Gasteiger partial charge in [0.2, 0.25) is 0 Å². The van der Waals surface area contributed by atoms with Crippen LogP contribution in [0.25, 0.3) is 10.9 Å². The number of ether oxygens (including phenoxy) is 2. The number of thioether (sulfide) groups is 1. The fourth-order valence-electron chi connectivity index (χ4n) is 4.77. The number of Topliss-reactive ketones (excluding diaryl/α,β-unsaturated/α-hetero) is 1. The van der Waals surface area contributed by atoms with E-state index in [2.05, 4.69) is 18.4 Å². The van der Waals surface area contributed by atoms with Crippen LogP contribution in [0.5, 0.6) is 0 Å². The normalized spacial score (nSPS) is 15.8. The van der Waals surface area contributed by atoms with Gasteiger partial charge in [-0.15, -0.1) is 0 Å². The van der Waals surface area contributed by atoms with Crippen molar-refractivity contribution < 1.29 is 19.1 Å². The molecule has 4 rings (SSSR count). The summed E-state index contributed by atoms with van der Waals surface area (Å²) in [5.74, 6) is -0.374. The Balaban J connectivity index is 1.69. The lowest BCUT2D eigenvalue weighted by atomic mass is 10.1. The number of fused-ring (bicyclic) bond motifs is 1. The number of aromatic nitrogens is 3. The van der Waals surface area contributed by atoms with E-state index in [-0.39, 0.29) is 29.2 Å². The first-order chi connectivity index (χ1) is 16.7. The van der Waals surface area contributed by atoms with Crippen molar-refractivity contribution in [3.63, 3.8) is 0 Å². The molecule has 186 valence electrons. The van der Waals surface area contributed by atoms with E-state index in [9.17, 15) is 14.4 Å². The van der Waals surface area contributed by atoms with Gasteiger partial charge in [-0.3, -0.25) is 14.2 Å². The maximum Gasteiger partial charge on any atom is 0.337 e. The van der Waals surface area contributed by atoms with Crippen molar-refractivity contribution in [2.45, 2.75) is 64.4 Å². The average Bonchev–Trinajstić information content (AvgIpc) is 3.45. The molecule has 1 aliphatic heterocycles. The molecule has 1 unspecified atom stereocenters. The zero-order valence-electron chi connectivity index (χ0n) is 20.8. The first kappa shape index (κ1) is 25.2. The molecule has 9 heteroatoms. The number of methoxy groups -OCH3 is 1. The molecule has 1 atom stereocenters. The van der Waals surface area contributed by atoms with Crippen LogP contribution in [-0.4, -0.2) is 51.4 Å². The van der Waals surface area contributed by atoms with Crippen LogP contribution >= 0.6 is 11.8 Å². The zero-order chi connectivity index (χ0) is 25.3. The first-order valence-corrected chi connectivity index (χ1v) is 12.8. The van der Waals surface area contributed by atoms with Gasteiger partial charge in [0.15, 0.2) is 10.9 Å². The average molecular weight is 498 g/mol. The van der Waals surface area contributed by atoms with Crippen molar-refractivity contribution >= 4 is 34.4 Å². The quantitative estimate of drug-likeness (QED) is 0.198. The molecule has 35 heavy (non-hydrogen) atoms. The molecular weight excluding hydrogens is 466 g/mol. The Morgan fingerprint density at radius 2 is 2.03 bits per heavy atom. The summed E-state index contributed by atoms with van der Waals surface area (Å²) in [5, 5.41) is 0.845. The number of esters is 1. The largest absolute Gasteiger partial charge is 0.465 e. The van der Waals surface area contributed by atoms with Crippen molar-refractivity contribution in [3.05, 3.63) is 57.1 Å². The van der Waals surface area contributed by atoms with Gasteiger partial charge < -0.3 is 14.0 Å². The number of hydrogen-bond acceptors (Lipinski definition) is 7. The van der Waals surface area contributed by atoms with Crippen molar-refractivity contribution in [2.75, 3.05) is 19.5 Å². The fourth-order valence-corrected chi connectivity index (χ4v) is 5.66. The van der Waals surface area contributed by atoms with Crippen LogP contribution in [-0.2, 0) is 16.0 Å². The minimum Gasteiger partial charge on any atom is -0.465 e. The predicted octanol–water partition coefficient (Wildman–Crippen LogP) is 4.34. The van der Waals surface area contributed by atoms with Crippen LogP contribution in [0.3, 0.4) is 0 Å². The Morgan fingerprint density at radius 3 is 2.66 bits per heavy atom. The van der Waals surface area contributed by atoms with E-state index in [4.69, 9.17) is 14.5 Å². The van der Waals surface area contributed by atoms with Crippen LogP contribution in [0, 0.1) is 13.8 Å². The maximum atomic E-state index is 13.4. The molecule has 1 aromatic carbocycles. The maximum absolute atomic E-state index is 13.4. The van der Waals surface area contributed by atoms with Gasteiger partial charge in [-0.2, -0.15) is 0 Å². The number of ketones is 1. The van der Waals surface area contributed by atoms with Gasteiger partial charge in [-0.05, 0) is 64.8 Å². The third-order valence-corrected chi connectivity index (χ3v) is 7.36. The number of rotatable bonds is 8. The highest BCUT2D eigenvalue weighted by Crippen LogP contribution is 2.25. The van der Waals surface area contributed by atoms with Crippen LogP contribution in [0.1, 0.15) is 64.8 Å². The Labute approximate surface area is 208 Å². The molecule has 3 heterocycles. The molecule has 0 aliphatic carbocycles. The number of hydrogen-bond donors (Lipinski definition) is 0. The molecule has 0 amide bonds. The highest BCUT2D eigenvalue weighted by molar-refractivity contribution is 7.99. The van der Waals surface area contributed by atoms with Gasteiger partial charge in [0.05, 0.1) is 42.0 Å². The Hall–Kier alpha value is -2.91. The van der Waals surface area contributed by atoms with Crippen LogP contribution in [0.2, 0.25) is 0 Å². The van der Waals surface area contributed by atoms with Gasteiger partial charge >= 0.3 is 5.97 Å². The molecule has 8 nitrogen and oxygen atoms in total. The second kappa shape index (κ2) is 10.4. The summed E-state index contributed by atoms with van der Waals surface area (Å²) in [6.07, 6.45) is 1.76. The lowest BCUT2D eigenvalue weighted by Gasteiger charge is -2.16. The second-order valence-corrected chi connectivity index (χ2v) is 10.1. The third kappa shape index (κ3) is 5.06. The van der Waals surface area contributed by atoms with E-state index < -0.39 is 5.97 Å². The van der Waals surface area contributed by atoms with E-state index in [0.717, 1.165) is 24.2 Å². The van der Waals surface area contributed by atoms with E-state index in [1.165, 1.54) is 18.9 Å². The van der Waals surface area contributed by atoms with Gasteiger partial charge in [0.1, 0.15) is 0 Å². The molecule has 3 aromatic rings. The van der Waals surface area contributed by atoms with Gasteiger partial charge in [-0.1, -0.05) is 11.8 Å². The van der Waals surface area contributed by atoms with Crippen molar-refractivity contribution in [1.29, 1.82) is 0 Å². The summed E-state index contributed by atoms with van der Waals surface area (Å²) < 4.78 is 14.3. The van der Waals surface area contributed by atoms with Gasteiger partial charge in [0, 0.05) is 29.6 Å². The Kier molecular flexibility index (Phi) is 7.47. The molecule has 0 radical (unpaired) electrons. The van der Waals surface area contributed by atoms with Crippen molar-refractivity contribution in [3.8, 4) is 0 Å². The third-order valence-electron chi connectivity index (χ3n) is 6.39. The summed E-state index contributed by atoms with van der Waals surface area (Å²) in [7, 11) is 1.31. The summed E-state index contributed by atoms with van der Waals surface area (Å²) in [6, 6.07) is 6.90. The molecule has 0 spiro atoms. The summed E-state index contributed by atoms with van der Waals surface area (Å²) >= 11 is 1.24. The van der Waals surface area contributed by atoms with Crippen molar-refractivity contribution in [2.24, 2.45) is 0 Å². The molecule has 1 fully saturated rings. The topological polar surface area (TPSA) is 92.4 Å².